The molecule has 1 fully saturated rings. The number of hydrogen-bond acceptors (Lipinski definition) is 4. The highest BCUT2D eigenvalue weighted by Crippen LogP contribution is 2.35. The van der Waals surface area contributed by atoms with Crippen LogP contribution in [0.1, 0.15) is 28.8 Å². The van der Waals surface area contributed by atoms with Crippen LogP contribution in [0.3, 0.4) is 0 Å². The third-order valence-corrected chi connectivity index (χ3v) is 5.57. The SMILES string of the molecule is NC(=O)Nc1sc(-c2ccc(CN3CCC(F)(F)CC3)cc2)cc1C(N)=O. The average Bonchev–Trinajstić information content (AvgIpc) is 3.01. The fraction of sp³-hybridized carbons (Fsp3) is 0.333. The number of nitrogens with one attached hydrogen (secondary N) is 1. The van der Waals surface area contributed by atoms with Crippen molar-refractivity contribution in [2.75, 3.05) is 18.4 Å². The number of alkyl halides is 2. The van der Waals surface area contributed by atoms with Gasteiger partial charge >= 0.3 is 6.03 Å². The topological polar surface area (TPSA) is 101 Å². The number of nitrogens with zero attached hydrogens (tertiary/aromatic N) is 1. The van der Waals surface area contributed by atoms with Gasteiger partial charge in [-0.1, -0.05) is 24.3 Å². The van der Waals surface area contributed by atoms with Crippen molar-refractivity contribution in [3.63, 3.8) is 0 Å². The number of likely N-dealkylation sites (tertiary alicyclic amines) is 1. The van der Waals surface area contributed by atoms with Crippen molar-refractivity contribution in [3.05, 3.63) is 41.5 Å². The number of rotatable bonds is 5. The standard InChI is InChI=1S/C18H20F2N4O2S/c19-18(20)5-7-24(8-6-18)10-11-1-3-12(4-2-11)14-9-13(15(21)25)16(27-14)23-17(22)26/h1-4,9H,5-8,10H2,(H2,21,25)(H3,22,23,26). The summed E-state index contributed by atoms with van der Waals surface area (Å²) in [7, 11) is 0. The summed E-state index contributed by atoms with van der Waals surface area (Å²) in [4.78, 5) is 25.4. The summed E-state index contributed by atoms with van der Waals surface area (Å²) in [5.74, 6) is -3.20. The number of benzene rings is 1. The molecular weight excluding hydrogens is 374 g/mol. The van der Waals surface area contributed by atoms with Crippen LogP contribution in [-0.4, -0.2) is 35.9 Å². The van der Waals surface area contributed by atoms with Crippen LogP contribution in [0.25, 0.3) is 10.4 Å². The molecule has 0 saturated carbocycles. The fourth-order valence-electron chi connectivity index (χ4n) is 2.99. The van der Waals surface area contributed by atoms with E-state index in [0.29, 0.717) is 24.6 Å². The van der Waals surface area contributed by atoms with Crippen LogP contribution in [0, 0.1) is 0 Å². The lowest BCUT2D eigenvalue weighted by molar-refractivity contribution is -0.0566. The Morgan fingerprint density at radius 2 is 1.78 bits per heavy atom. The first kappa shape index (κ1) is 19.2. The number of piperidine rings is 1. The molecule has 0 unspecified atom stereocenters. The van der Waals surface area contributed by atoms with E-state index in [9.17, 15) is 18.4 Å². The molecule has 0 spiro atoms. The molecule has 0 atom stereocenters. The van der Waals surface area contributed by atoms with Crippen molar-refractivity contribution >= 4 is 28.3 Å². The quantitative estimate of drug-likeness (QED) is 0.726. The van der Waals surface area contributed by atoms with E-state index in [1.165, 1.54) is 11.3 Å². The predicted molar refractivity (Wildman–Crippen MR) is 101 cm³/mol. The van der Waals surface area contributed by atoms with E-state index >= 15 is 0 Å². The molecule has 2 heterocycles. The smallest absolute Gasteiger partial charge is 0.317 e. The Kier molecular flexibility index (Phi) is 5.43. The minimum atomic E-state index is -2.55. The second-order valence-electron chi connectivity index (χ2n) is 6.54. The Labute approximate surface area is 159 Å². The highest BCUT2D eigenvalue weighted by molar-refractivity contribution is 7.20. The highest BCUT2D eigenvalue weighted by atomic mass is 32.1. The summed E-state index contributed by atoms with van der Waals surface area (Å²) in [5.41, 5.74) is 12.5. The zero-order valence-corrected chi connectivity index (χ0v) is 15.3. The van der Waals surface area contributed by atoms with E-state index < -0.39 is 17.9 Å². The van der Waals surface area contributed by atoms with Gasteiger partial charge < -0.3 is 11.5 Å². The lowest BCUT2D eigenvalue weighted by atomic mass is 10.0. The number of halogens is 2. The third-order valence-electron chi connectivity index (χ3n) is 4.47. The molecule has 0 radical (unpaired) electrons. The van der Waals surface area contributed by atoms with E-state index in [2.05, 4.69) is 5.32 Å². The first-order valence-corrected chi connectivity index (χ1v) is 9.25. The number of hydrogen-bond donors (Lipinski definition) is 3. The van der Waals surface area contributed by atoms with Crippen LogP contribution in [0.2, 0.25) is 0 Å². The normalized spacial score (nSPS) is 16.8. The van der Waals surface area contributed by atoms with Crippen LogP contribution in [0.15, 0.2) is 30.3 Å². The van der Waals surface area contributed by atoms with Gasteiger partial charge in [-0.2, -0.15) is 0 Å². The number of urea groups is 1. The molecule has 27 heavy (non-hydrogen) atoms. The minimum absolute atomic E-state index is 0.105. The van der Waals surface area contributed by atoms with Gasteiger partial charge in [0.15, 0.2) is 0 Å². The van der Waals surface area contributed by atoms with Crippen LogP contribution in [-0.2, 0) is 6.54 Å². The molecule has 1 aliphatic heterocycles. The van der Waals surface area contributed by atoms with Crippen molar-refractivity contribution in [3.8, 4) is 10.4 Å². The average molecular weight is 394 g/mol. The molecule has 6 nitrogen and oxygen atoms in total. The van der Waals surface area contributed by atoms with Crippen molar-refractivity contribution in [2.45, 2.75) is 25.3 Å². The van der Waals surface area contributed by atoms with Crippen molar-refractivity contribution in [1.29, 1.82) is 0 Å². The van der Waals surface area contributed by atoms with Gasteiger partial charge in [0.05, 0.1) is 5.56 Å². The summed E-state index contributed by atoms with van der Waals surface area (Å²) in [6.45, 7) is 1.37. The van der Waals surface area contributed by atoms with Crippen LogP contribution in [0.4, 0.5) is 18.6 Å². The van der Waals surface area contributed by atoms with Crippen LogP contribution < -0.4 is 16.8 Å². The van der Waals surface area contributed by atoms with Crippen molar-refractivity contribution < 1.29 is 18.4 Å². The number of amides is 3. The van der Waals surface area contributed by atoms with Gasteiger partial charge in [0, 0.05) is 37.4 Å². The first-order chi connectivity index (χ1) is 12.7. The lowest BCUT2D eigenvalue weighted by Crippen LogP contribution is -2.38. The lowest BCUT2D eigenvalue weighted by Gasteiger charge is -2.31. The Balaban J connectivity index is 1.72. The number of primary amides is 2. The van der Waals surface area contributed by atoms with E-state index in [0.717, 1.165) is 16.0 Å². The minimum Gasteiger partial charge on any atom is -0.366 e. The van der Waals surface area contributed by atoms with E-state index in [-0.39, 0.29) is 18.4 Å². The summed E-state index contributed by atoms with van der Waals surface area (Å²) < 4.78 is 26.5. The number of carbonyl (C=O) groups is 2. The van der Waals surface area contributed by atoms with E-state index in [4.69, 9.17) is 11.5 Å². The Morgan fingerprint density at radius 1 is 1.15 bits per heavy atom. The zero-order valence-electron chi connectivity index (χ0n) is 14.5. The van der Waals surface area contributed by atoms with E-state index in [1.807, 2.05) is 29.2 Å². The molecule has 144 valence electrons. The number of anilines is 1. The van der Waals surface area contributed by atoms with Gasteiger partial charge in [0.1, 0.15) is 5.00 Å². The summed E-state index contributed by atoms with van der Waals surface area (Å²) in [6.07, 6.45) is -0.211. The molecule has 1 saturated heterocycles. The maximum atomic E-state index is 13.2. The van der Waals surface area contributed by atoms with Gasteiger partial charge in [0.25, 0.3) is 11.8 Å². The van der Waals surface area contributed by atoms with Crippen molar-refractivity contribution in [1.82, 2.24) is 4.90 Å². The molecule has 0 aliphatic carbocycles. The van der Waals surface area contributed by atoms with E-state index in [1.54, 1.807) is 6.07 Å². The van der Waals surface area contributed by atoms with Crippen LogP contribution >= 0.6 is 11.3 Å². The second-order valence-corrected chi connectivity index (χ2v) is 7.59. The summed E-state index contributed by atoms with van der Waals surface area (Å²) >= 11 is 1.20. The molecule has 1 aromatic carbocycles. The largest absolute Gasteiger partial charge is 0.366 e. The first-order valence-electron chi connectivity index (χ1n) is 8.43. The molecule has 9 heteroatoms. The van der Waals surface area contributed by atoms with Gasteiger partial charge in [-0.15, -0.1) is 11.3 Å². The summed E-state index contributed by atoms with van der Waals surface area (Å²) in [5, 5.41) is 2.71. The molecular formula is C18H20F2N4O2S. The Bertz CT molecular complexity index is 842. The molecule has 5 N–H and O–H groups in total. The second kappa shape index (κ2) is 7.61. The molecule has 1 aromatic heterocycles. The van der Waals surface area contributed by atoms with Gasteiger partial charge in [-0.25, -0.2) is 13.6 Å². The molecule has 0 bridgehead atoms. The summed E-state index contributed by atoms with van der Waals surface area (Å²) in [6, 6.07) is 8.46. The third kappa shape index (κ3) is 4.81. The molecule has 2 aromatic rings. The van der Waals surface area contributed by atoms with Gasteiger partial charge in [-0.05, 0) is 17.2 Å². The Hall–Kier alpha value is -2.52. The van der Waals surface area contributed by atoms with Crippen LogP contribution in [0.5, 0.6) is 0 Å². The Morgan fingerprint density at radius 3 is 2.33 bits per heavy atom. The fourth-order valence-corrected chi connectivity index (χ4v) is 4.06. The number of nitrogens with two attached hydrogens (primary N) is 2. The van der Waals surface area contributed by atoms with Crippen molar-refractivity contribution in [2.24, 2.45) is 11.5 Å². The molecule has 3 amide bonds. The monoisotopic (exact) mass is 394 g/mol. The highest BCUT2D eigenvalue weighted by Gasteiger charge is 2.33. The maximum Gasteiger partial charge on any atom is 0.317 e. The maximum absolute atomic E-state index is 13.2. The zero-order chi connectivity index (χ0) is 19.6. The predicted octanol–water partition coefficient (Wildman–Crippen LogP) is 3.24. The molecule has 1 aliphatic rings. The number of thiophene rings is 1. The molecule has 3 rings (SSSR count). The van der Waals surface area contributed by atoms with Gasteiger partial charge in [-0.3, -0.25) is 15.0 Å². The van der Waals surface area contributed by atoms with Gasteiger partial charge in [0.2, 0.25) is 0 Å². The number of carbonyl (C=O) groups excluding carboxylic acids is 2.